The molecule has 10 heteroatoms. The minimum atomic E-state index is -0.334. The molecule has 38 heavy (non-hydrogen) atoms. The summed E-state index contributed by atoms with van der Waals surface area (Å²) in [5.41, 5.74) is 8.09. The summed E-state index contributed by atoms with van der Waals surface area (Å²) >= 11 is 1.33. The Hall–Kier alpha value is -3.60. The van der Waals surface area contributed by atoms with Gasteiger partial charge in [0.2, 0.25) is 11.8 Å². The summed E-state index contributed by atoms with van der Waals surface area (Å²) in [6, 6.07) is 22.0. The molecule has 2 fully saturated rings. The molecule has 6 rings (SSSR count). The van der Waals surface area contributed by atoms with Gasteiger partial charge in [0.1, 0.15) is 11.9 Å². The average molecular weight is 531 g/mol. The number of piperazine rings is 1. The second kappa shape index (κ2) is 10.6. The Morgan fingerprint density at radius 3 is 2.58 bits per heavy atom. The minimum absolute atomic E-state index is 0.0121. The zero-order chi connectivity index (χ0) is 26.1. The number of carbonyl (C=O) groups excluding carboxylic acids is 2. The second-order valence-corrected chi connectivity index (χ2v) is 10.5. The third kappa shape index (κ3) is 4.70. The largest absolute Gasteiger partial charge is 0.497 e. The SMILES string of the molecule is COc1ccc(N2CCN(C(=O)CSC3=NC4NNCC4C(=O)N3c3cccc4ccccc34)CC2)cc1. The summed E-state index contributed by atoms with van der Waals surface area (Å²) < 4.78 is 5.25. The number of benzene rings is 3. The highest BCUT2D eigenvalue weighted by molar-refractivity contribution is 8.14. The summed E-state index contributed by atoms with van der Waals surface area (Å²) in [4.78, 5) is 37.6. The maximum atomic E-state index is 13.7. The first-order chi connectivity index (χ1) is 18.6. The van der Waals surface area contributed by atoms with Gasteiger partial charge in [0, 0.05) is 43.8 Å². The molecule has 9 nitrogen and oxygen atoms in total. The lowest BCUT2D eigenvalue weighted by Gasteiger charge is -2.36. The molecule has 3 aliphatic heterocycles. The number of fused-ring (bicyclic) bond motifs is 2. The molecule has 2 unspecified atom stereocenters. The molecule has 3 aliphatic rings. The van der Waals surface area contributed by atoms with E-state index < -0.39 is 0 Å². The Morgan fingerprint density at radius 2 is 1.79 bits per heavy atom. The van der Waals surface area contributed by atoms with E-state index in [1.165, 1.54) is 11.8 Å². The lowest BCUT2D eigenvalue weighted by atomic mass is 10.0. The first-order valence-electron chi connectivity index (χ1n) is 12.8. The maximum absolute atomic E-state index is 13.7. The van der Waals surface area contributed by atoms with Crippen LogP contribution >= 0.6 is 11.8 Å². The van der Waals surface area contributed by atoms with Gasteiger partial charge >= 0.3 is 0 Å². The van der Waals surface area contributed by atoms with Gasteiger partial charge in [-0.15, -0.1) is 0 Å². The highest BCUT2D eigenvalue weighted by Crippen LogP contribution is 2.34. The Morgan fingerprint density at radius 1 is 1.03 bits per heavy atom. The van der Waals surface area contributed by atoms with Gasteiger partial charge in [-0.05, 0) is 35.7 Å². The summed E-state index contributed by atoms with van der Waals surface area (Å²) in [5.74, 6) is 0.802. The van der Waals surface area contributed by atoms with Crippen LogP contribution in [0.1, 0.15) is 0 Å². The highest BCUT2D eigenvalue weighted by atomic mass is 32.2. The van der Waals surface area contributed by atoms with Gasteiger partial charge in [-0.25, -0.2) is 10.4 Å². The standard InChI is InChI=1S/C28H30N6O3S/c1-37-21-11-9-20(10-12-21)32-13-15-33(16-14-32)25(35)18-38-28-30-26-23(17-29-31-26)27(36)34(28)24-8-4-6-19-5-2-3-7-22(19)24/h2-12,23,26,29,31H,13-18H2,1H3. The minimum Gasteiger partial charge on any atom is -0.497 e. The number of thioether (sulfide) groups is 1. The fraction of sp³-hybridized carbons (Fsp3) is 0.321. The van der Waals surface area contributed by atoms with E-state index in [2.05, 4.69) is 15.8 Å². The molecule has 2 N–H and O–H groups in total. The number of amides is 2. The van der Waals surface area contributed by atoms with E-state index in [1.54, 1.807) is 12.0 Å². The molecule has 0 spiro atoms. The van der Waals surface area contributed by atoms with Gasteiger partial charge in [-0.3, -0.25) is 19.9 Å². The molecule has 0 saturated carbocycles. The molecule has 0 aromatic heterocycles. The van der Waals surface area contributed by atoms with E-state index >= 15 is 0 Å². The number of hydrazine groups is 1. The predicted molar refractivity (Wildman–Crippen MR) is 152 cm³/mol. The lowest BCUT2D eigenvalue weighted by Crippen LogP contribution is -2.51. The molecule has 0 radical (unpaired) electrons. The zero-order valence-corrected chi connectivity index (χ0v) is 22.0. The fourth-order valence-corrected chi connectivity index (χ4v) is 6.16. The first-order valence-corrected chi connectivity index (χ1v) is 13.8. The van der Waals surface area contributed by atoms with Crippen molar-refractivity contribution in [3.05, 3.63) is 66.7 Å². The Kier molecular flexibility index (Phi) is 6.92. The average Bonchev–Trinajstić information content (AvgIpc) is 3.45. The van der Waals surface area contributed by atoms with Crippen LogP contribution in [0.25, 0.3) is 10.8 Å². The monoisotopic (exact) mass is 530 g/mol. The van der Waals surface area contributed by atoms with Crippen LogP contribution in [-0.2, 0) is 9.59 Å². The molecule has 0 aliphatic carbocycles. The van der Waals surface area contributed by atoms with Crippen LogP contribution in [0, 0.1) is 5.92 Å². The number of nitrogens with zero attached hydrogens (tertiary/aromatic N) is 4. The van der Waals surface area contributed by atoms with Crippen LogP contribution in [0.5, 0.6) is 5.75 Å². The third-order valence-electron chi connectivity index (χ3n) is 7.33. The van der Waals surface area contributed by atoms with Crippen molar-refractivity contribution in [3.8, 4) is 5.75 Å². The Labute approximate surface area is 225 Å². The zero-order valence-electron chi connectivity index (χ0n) is 21.2. The van der Waals surface area contributed by atoms with Crippen molar-refractivity contribution in [1.82, 2.24) is 15.8 Å². The summed E-state index contributed by atoms with van der Waals surface area (Å²) in [5, 5.41) is 2.58. The summed E-state index contributed by atoms with van der Waals surface area (Å²) in [7, 11) is 1.66. The van der Waals surface area contributed by atoms with Crippen molar-refractivity contribution in [2.45, 2.75) is 6.17 Å². The van der Waals surface area contributed by atoms with Crippen LogP contribution < -0.4 is 25.4 Å². The molecular weight excluding hydrogens is 500 g/mol. The molecular formula is C28H30N6O3S. The van der Waals surface area contributed by atoms with Gasteiger partial charge in [-0.2, -0.15) is 0 Å². The highest BCUT2D eigenvalue weighted by Gasteiger charge is 2.42. The number of hydrogen-bond donors (Lipinski definition) is 2. The van der Waals surface area contributed by atoms with Crippen molar-refractivity contribution in [3.63, 3.8) is 0 Å². The number of aliphatic imine (C=N–C) groups is 1. The van der Waals surface area contributed by atoms with Gasteiger partial charge in [-0.1, -0.05) is 48.2 Å². The quantitative estimate of drug-likeness (QED) is 0.524. The van der Waals surface area contributed by atoms with Crippen molar-refractivity contribution >= 4 is 50.9 Å². The lowest BCUT2D eigenvalue weighted by molar-refractivity contribution is -0.128. The predicted octanol–water partition coefficient (Wildman–Crippen LogP) is 2.68. The van der Waals surface area contributed by atoms with E-state index in [0.29, 0.717) is 24.8 Å². The molecule has 0 bridgehead atoms. The van der Waals surface area contributed by atoms with Crippen LogP contribution in [0.15, 0.2) is 71.7 Å². The normalized spacial score (nSPS) is 21.4. The molecule has 3 aromatic carbocycles. The third-order valence-corrected chi connectivity index (χ3v) is 8.27. The molecule has 2 atom stereocenters. The van der Waals surface area contributed by atoms with Crippen molar-refractivity contribution in [2.24, 2.45) is 10.9 Å². The number of nitrogens with one attached hydrogen (secondary N) is 2. The van der Waals surface area contributed by atoms with Gasteiger partial charge < -0.3 is 14.5 Å². The summed E-state index contributed by atoms with van der Waals surface area (Å²) in [6.07, 6.45) is -0.334. The molecule has 3 heterocycles. The van der Waals surface area contributed by atoms with E-state index in [9.17, 15) is 9.59 Å². The molecule has 2 saturated heterocycles. The number of hydrogen-bond acceptors (Lipinski definition) is 8. The number of anilines is 2. The topological polar surface area (TPSA) is 89.5 Å². The Balaban J connectivity index is 1.16. The maximum Gasteiger partial charge on any atom is 0.241 e. The smallest absolute Gasteiger partial charge is 0.241 e. The first kappa shape index (κ1) is 24.7. The van der Waals surface area contributed by atoms with Gasteiger partial charge in [0.15, 0.2) is 5.17 Å². The summed E-state index contributed by atoms with van der Waals surface area (Å²) in [6.45, 7) is 3.36. The van der Waals surface area contributed by atoms with Gasteiger partial charge in [0.05, 0.1) is 24.5 Å². The van der Waals surface area contributed by atoms with Crippen LogP contribution in [0.3, 0.4) is 0 Å². The van der Waals surface area contributed by atoms with Gasteiger partial charge in [0.25, 0.3) is 0 Å². The number of carbonyl (C=O) groups is 2. The van der Waals surface area contributed by atoms with Crippen molar-refractivity contribution in [2.75, 3.05) is 55.4 Å². The number of amidine groups is 1. The fourth-order valence-electron chi connectivity index (χ4n) is 5.22. The van der Waals surface area contributed by atoms with Crippen LogP contribution in [0.2, 0.25) is 0 Å². The number of ether oxygens (including phenoxy) is 1. The molecule has 3 aromatic rings. The van der Waals surface area contributed by atoms with Crippen LogP contribution in [-0.4, -0.2) is 73.6 Å². The van der Waals surface area contributed by atoms with E-state index in [1.807, 2.05) is 71.6 Å². The number of methoxy groups -OCH3 is 1. The Bertz CT molecular complexity index is 1370. The van der Waals surface area contributed by atoms with Crippen molar-refractivity contribution < 1.29 is 14.3 Å². The molecule has 196 valence electrons. The van der Waals surface area contributed by atoms with E-state index in [4.69, 9.17) is 9.73 Å². The second-order valence-electron chi connectivity index (χ2n) is 9.51. The molecule has 2 amide bonds. The van der Waals surface area contributed by atoms with E-state index in [0.717, 1.165) is 41.0 Å². The number of rotatable bonds is 5. The van der Waals surface area contributed by atoms with Crippen LogP contribution in [0.4, 0.5) is 11.4 Å². The van der Waals surface area contributed by atoms with Crippen molar-refractivity contribution in [1.29, 1.82) is 0 Å². The van der Waals surface area contributed by atoms with E-state index in [-0.39, 0.29) is 29.7 Å².